The zero-order valence-corrected chi connectivity index (χ0v) is 18.7. The van der Waals surface area contributed by atoms with Crippen molar-refractivity contribution in [1.29, 1.82) is 0 Å². The van der Waals surface area contributed by atoms with Crippen LogP contribution < -0.4 is 25.9 Å². The highest BCUT2D eigenvalue weighted by Crippen LogP contribution is 2.26. The maximum Gasteiger partial charge on any atom is 0.306 e. The van der Waals surface area contributed by atoms with Crippen LogP contribution in [0.4, 0.5) is 17.5 Å². The van der Waals surface area contributed by atoms with E-state index < -0.39 is 21.9 Å². The molecule has 0 aliphatic carbocycles. The van der Waals surface area contributed by atoms with E-state index >= 15 is 0 Å². The number of hydrogen-bond donors (Lipinski definition) is 4. The van der Waals surface area contributed by atoms with Crippen molar-refractivity contribution in [3.63, 3.8) is 0 Å². The van der Waals surface area contributed by atoms with Crippen molar-refractivity contribution < 1.29 is 22.2 Å². The second-order valence-corrected chi connectivity index (χ2v) is 8.77. The molecule has 0 bridgehead atoms. The molecule has 1 unspecified atom stereocenters. The van der Waals surface area contributed by atoms with Gasteiger partial charge in [-0.3, -0.25) is 9.59 Å². The van der Waals surface area contributed by atoms with E-state index in [1.54, 1.807) is 0 Å². The number of carbonyl (C=O) groups excluding carboxylic acids is 2. The molecule has 0 spiro atoms. The highest BCUT2D eigenvalue weighted by molar-refractivity contribution is 7.86. The minimum absolute atomic E-state index is 0.00143. The van der Waals surface area contributed by atoms with Crippen LogP contribution in [0.3, 0.4) is 0 Å². The average molecular weight is 451 g/mol. The van der Waals surface area contributed by atoms with Crippen LogP contribution >= 0.6 is 0 Å². The van der Waals surface area contributed by atoms with Crippen molar-refractivity contribution in [3.8, 4) is 5.75 Å². The van der Waals surface area contributed by atoms with Gasteiger partial charge in [0.25, 0.3) is 11.8 Å². The maximum absolute atomic E-state index is 12.2. The SMILES string of the molecule is CNC(=O)c1cc(Nc2ncc(C(N)=O)c(NC(C)C(C)C)n2)ccc1OS(C)(=O)=O. The first-order valence-electron chi connectivity index (χ1n) is 9.37. The standard InChI is InChI=1S/C19H26N6O5S/c1-10(2)11(3)23-17-14(16(20)26)9-22-19(25-17)24-12-6-7-15(30-31(5,28)29)13(8-12)18(27)21-4/h6-11H,1-5H3,(H2,20,26)(H,21,27)(H2,22,23,24,25). The Balaban J connectivity index is 2.41. The second-order valence-electron chi connectivity index (χ2n) is 7.20. The average Bonchev–Trinajstić information content (AvgIpc) is 2.67. The summed E-state index contributed by atoms with van der Waals surface area (Å²) < 4.78 is 27.8. The summed E-state index contributed by atoms with van der Waals surface area (Å²) in [6, 6.07) is 4.25. The molecule has 12 heteroatoms. The minimum Gasteiger partial charge on any atom is -0.382 e. The molecule has 0 saturated heterocycles. The quantitative estimate of drug-likeness (QED) is 0.414. The van der Waals surface area contributed by atoms with Gasteiger partial charge < -0.3 is 25.9 Å². The third kappa shape index (κ3) is 6.54. The van der Waals surface area contributed by atoms with Gasteiger partial charge in [0.15, 0.2) is 5.75 Å². The zero-order valence-electron chi connectivity index (χ0n) is 17.9. The van der Waals surface area contributed by atoms with E-state index in [-0.39, 0.29) is 40.6 Å². The number of nitrogens with zero attached hydrogens (tertiary/aromatic N) is 2. The smallest absolute Gasteiger partial charge is 0.306 e. The van der Waals surface area contributed by atoms with Crippen LogP contribution in [0.5, 0.6) is 5.75 Å². The van der Waals surface area contributed by atoms with Gasteiger partial charge in [0, 0.05) is 25.0 Å². The largest absolute Gasteiger partial charge is 0.382 e. The molecule has 1 aromatic carbocycles. The predicted octanol–water partition coefficient (Wildman–Crippen LogP) is 1.47. The third-order valence-corrected chi connectivity index (χ3v) is 4.85. The number of anilines is 3. The van der Waals surface area contributed by atoms with Crippen LogP contribution in [-0.4, -0.2) is 49.5 Å². The zero-order chi connectivity index (χ0) is 23.3. The topological polar surface area (TPSA) is 165 Å². The summed E-state index contributed by atoms with van der Waals surface area (Å²) in [5, 5.41) is 8.50. The van der Waals surface area contributed by atoms with Gasteiger partial charge in [0.2, 0.25) is 5.95 Å². The van der Waals surface area contributed by atoms with Gasteiger partial charge >= 0.3 is 10.1 Å². The molecular formula is C19H26N6O5S. The van der Waals surface area contributed by atoms with Gasteiger partial charge in [-0.2, -0.15) is 13.4 Å². The van der Waals surface area contributed by atoms with Gasteiger partial charge in [-0.25, -0.2) is 4.98 Å². The molecule has 2 rings (SSSR count). The molecule has 2 aromatic rings. The maximum atomic E-state index is 12.2. The summed E-state index contributed by atoms with van der Waals surface area (Å²) in [6.45, 7) is 5.98. The lowest BCUT2D eigenvalue weighted by atomic mass is 10.1. The highest BCUT2D eigenvalue weighted by Gasteiger charge is 2.18. The second kappa shape index (κ2) is 9.60. The van der Waals surface area contributed by atoms with E-state index in [1.165, 1.54) is 31.4 Å². The molecule has 0 fully saturated rings. The van der Waals surface area contributed by atoms with Gasteiger partial charge in [-0.05, 0) is 31.0 Å². The Bertz CT molecular complexity index is 1090. The highest BCUT2D eigenvalue weighted by atomic mass is 32.2. The van der Waals surface area contributed by atoms with E-state index in [0.717, 1.165) is 6.26 Å². The summed E-state index contributed by atoms with van der Waals surface area (Å²) in [7, 11) is -2.42. The first-order chi connectivity index (χ1) is 14.4. The summed E-state index contributed by atoms with van der Waals surface area (Å²) in [6.07, 6.45) is 2.18. The molecule has 1 aromatic heterocycles. The summed E-state index contributed by atoms with van der Waals surface area (Å²) >= 11 is 0. The predicted molar refractivity (Wildman–Crippen MR) is 117 cm³/mol. The number of nitrogens with two attached hydrogens (primary N) is 1. The number of rotatable bonds is 9. The Morgan fingerprint density at radius 1 is 1.16 bits per heavy atom. The van der Waals surface area contributed by atoms with Crippen LogP contribution in [0, 0.1) is 5.92 Å². The molecular weight excluding hydrogens is 424 g/mol. The number of benzene rings is 1. The fraction of sp³-hybridized carbons (Fsp3) is 0.368. The number of aromatic nitrogens is 2. The number of primary amides is 1. The lowest BCUT2D eigenvalue weighted by Crippen LogP contribution is -2.25. The molecule has 0 radical (unpaired) electrons. The van der Waals surface area contributed by atoms with Gasteiger partial charge in [0.05, 0.1) is 17.4 Å². The number of carbonyl (C=O) groups is 2. The Morgan fingerprint density at radius 3 is 2.39 bits per heavy atom. The molecule has 2 amide bonds. The van der Waals surface area contributed by atoms with E-state index in [2.05, 4.69) is 25.9 Å². The van der Waals surface area contributed by atoms with Crippen molar-refractivity contribution in [1.82, 2.24) is 15.3 Å². The lowest BCUT2D eigenvalue weighted by molar-refractivity contribution is 0.0960. The van der Waals surface area contributed by atoms with Crippen LogP contribution in [-0.2, 0) is 10.1 Å². The fourth-order valence-electron chi connectivity index (χ4n) is 2.40. The Labute approximate surface area is 180 Å². The van der Waals surface area contributed by atoms with E-state index in [4.69, 9.17) is 9.92 Å². The molecule has 11 nitrogen and oxygen atoms in total. The van der Waals surface area contributed by atoms with Crippen molar-refractivity contribution in [2.45, 2.75) is 26.8 Å². The lowest BCUT2D eigenvalue weighted by Gasteiger charge is -2.20. The van der Waals surface area contributed by atoms with E-state index in [1.807, 2.05) is 20.8 Å². The number of hydrogen-bond acceptors (Lipinski definition) is 9. The van der Waals surface area contributed by atoms with Crippen LogP contribution in [0.2, 0.25) is 0 Å². The molecule has 1 heterocycles. The molecule has 31 heavy (non-hydrogen) atoms. The van der Waals surface area contributed by atoms with Crippen molar-refractivity contribution in [2.24, 2.45) is 11.7 Å². The molecule has 0 aliphatic rings. The van der Waals surface area contributed by atoms with E-state index in [0.29, 0.717) is 5.69 Å². The van der Waals surface area contributed by atoms with Crippen molar-refractivity contribution in [3.05, 3.63) is 35.5 Å². The fourth-order valence-corrected chi connectivity index (χ4v) is 2.87. The van der Waals surface area contributed by atoms with Gasteiger partial charge in [0.1, 0.15) is 5.82 Å². The van der Waals surface area contributed by atoms with Crippen LogP contribution in [0.1, 0.15) is 41.5 Å². The van der Waals surface area contributed by atoms with Gasteiger partial charge in [-0.1, -0.05) is 13.8 Å². The van der Waals surface area contributed by atoms with E-state index in [9.17, 15) is 18.0 Å². The molecule has 0 saturated carbocycles. The molecule has 168 valence electrons. The molecule has 0 aliphatic heterocycles. The van der Waals surface area contributed by atoms with Crippen molar-refractivity contribution in [2.75, 3.05) is 23.9 Å². The normalized spacial score (nSPS) is 12.2. The number of nitrogens with one attached hydrogen (secondary N) is 3. The molecule has 1 atom stereocenters. The summed E-state index contributed by atoms with van der Waals surface area (Å²) in [5.41, 5.74) is 5.95. The Hall–Kier alpha value is -3.41. The van der Waals surface area contributed by atoms with Crippen molar-refractivity contribution >= 4 is 39.4 Å². The van der Waals surface area contributed by atoms with Crippen LogP contribution in [0.25, 0.3) is 0 Å². The summed E-state index contributed by atoms with van der Waals surface area (Å²) in [4.78, 5) is 32.3. The number of amides is 2. The first-order valence-corrected chi connectivity index (χ1v) is 11.2. The Morgan fingerprint density at radius 2 is 1.84 bits per heavy atom. The monoisotopic (exact) mass is 450 g/mol. The third-order valence-electron chi connectivity index (χ3n) is 4.37. The van der Waals surface area contributed by atoms with Gasteiger partial charge in [-0.15, -0.1) is 0 Å². The minimum atomic E-state index is -3.83. The summed E-state index contributed by atoms with van der Waals surface area (Å²) in [5.74, 6) is -0.650. The Kier molecular flexibility index (Phi) is 7.39. The van der Waals surface area contributed by atoms with Crippen LogP contribution in [0.15, 0.2) is 24.4 Å². The first kappa shape index (κ1) is 23.9. The molecule has 5 N–H and O–H groups in total.